The predicted octanol–water partition coefficient (Wildman–Crippen LogP) is 6.19. The molecule has 154 valence electrons. The van der Waals surface area contributed by atoms with Crippen molar-refractivity contribution in [3.05, 3.63) is 136 Å². The van der Waals surface area contributed by atoms with Crippen molar-refractivity contribution in [3.8, 4) is 0 Å². The van der Waals surface area contributed by atoms with E-state index >= 15 is 0 Å². The van der Waals surface area contributed by atoms with Crippen LogP contribution < -0.4 is 5.32 Å². The minimum Gasteiger partial charge on any atom is -0.384 e. The largest absolute Gasteiger partial charge is 0.384 e. The lowest BCUT2D eigenvalue weighted by atomic mass is 9.90. The van der Waals surface area contributed by atoms with Gasteiger partial charge in [-0.15, -0.1) is 0 Å². The molecule has 4 aromatic carbocycles. The van der Waals surface area contributed by atoms with Gasteiger partial charge in [-0.3, -0.25) is 4.79 Å². The van der Waals surface area contributed by atoms with E-state index in [1.165, 1.54) is 0 Å². The van der Waals surface area contributed by atoms with Crippen molar-refractivity contribution >= 4 is 23.2 Å². The summed E-state index contributed by atoms with van der Waals surface area (Å²) in [5.74, 6) is -0.666. The van der Waals surface area contributed by atoms with Gasteiger partial charge in [0.2, 0.25) is 5.91 Å². The van der Waals surface area contributed by atoms with Crippen LogP contribution in [0.15, 0.2) is 109 Å². The molecule has 1 atom stereocenters. The van der Waals surface area contributed by atoms with Crippen molar-refractivity contribution in [2.75, 3.05) is 5.32 Å². The Morgan fingerprint density at radius 2 is 1.19 bits per heavy atom. The molecular weight excluding hydrogens is 406 g/mol. The maximum Gasteiger partial charge on any atom is 0.236 e. The Hall–Kier alpha value is -3.40. The Labute approximate surface area is 187 Å². The Morgan fingerprint density at radius 3 is 1.71 bits per heavy atom. The van der Waals surface area contributed by atoms with Crippen LogP contribution in [0, 0.1) is 0 Å². The summed E-state index contributed by atoms with van der Waals surface area (Å²) >= 11 is 6.22. The quantitative estimate of drug-likeness (QED) is 0.385. The molecule has 0 bridgehead atoms. The molecule has 0 saturated carbocycles. The van der Waals surface area contributed by atoms with E-state index in [1.807, 2.05) is 91.0 Å². The molecule has 0 aromatic heterocycles. The van der Waals surface area contributed by atoms with Crippen molar-refractivity contribution in [3.63, 3.8) is 0 Å². The molecule has 0 aliphatic heterocycles. The smallest absolute Gasteiger partial charge is 0.236 e. The SMILES string of the molecule is O=C(Nc1ccc(Cl)cc1C(O)c1ccccc1)C(c1ccccc1)c1ccccc1. The van der Waals surface area contributed by atoms with Gasteiger partial charge in [0.1, 0.15) is 6.10 Å². The number of carbonyl (C=O) groups is 1. The van der Waals surface area contributed by atoms with E-state index in [4.69, 9.17) is 11.6 Å². The average Bonchev–Trinajstić information content (AvgIpc) is 2.82. The van der Waals surface area contributed by atoms with Gasteiger partial charge in [0, 0.05) is 16.3 Å². The van der Waals surface area contributed by atoms with E-state index in [2.05, 4.69) is 5.32 Å². The van der Waals surface area contributed by atoms with Crippen LogP contribution >= 0.6 is 11.6 Å². The van der Waals surface area contributed by atoms with Gasteiger partial charge in [-0.25, -0.2) is 0 Å². The Balaban J connectivity index is 1.70. The first kappa shape index (κ1) is 20.9. The zero-order valence-electron chi connectivity index (χ0n) is 16.8. The summed E-state index contributed by atoms with van der Waals surface area (Å²) in [4.78, 5) is 13.5. The zero-order valence-corrected chi connectivity index (χ0v) is 17.5. The molecule has 0 saturated heterocycles. The lowest BCUT2D eigenvalue weighted by molar-refractivity contribution is -0.116. The van der Waals surface area contributed by atoms with E-state index in [1.54, 1.807) is 18.2 Å². The second-order valence-electron chi connectivity index (χ2n) is 7.29. The molecule has 31 heavy (non-hydrogen) atoms. The summed E-state index contributed by atoms with van der Waals surface area (Å²) in [5.41, 5.74) is 3.59. The second kappa shape index (κ2) is 9.61. The fourth-order valence-corrected chi connectivity index (χ4v) is 3.86. The van der Waals surface area contributed by atoms with E-state index < -0.39 is 12.0 Å². The fraction of sp³-hybridized carbons (Fsp3) is 0.0741. The average molecular weight is 428 g/mol. The van der Waals surface area contributed by atoms with Crippen LogP contribution in [0.5, 0.6) is 0 Å². The van der Waals surface area contributed by atoms with Crippen molar-refractivity contribution in [1.82, 2.24) is 0 Å². The van der Waals surface area contributed by atoms with Gasteiger partial charge in [-0.1, -0.05) is 103 Å². The normalized spacial score (nSPS) is 11.8. The number of hydrogen-bond acceptors (Lipinski definition) is 2. The number of nitrogens with one attached hydrogen (secondary N) is 1. The molecule has 4 heteroatoms. The molecule has 0 fully saturated rings. The molecule has 4 rings (SSSR count). The predicted molar refractivity (Wildman–Crippen MR) is 125 cm³/mol. The van der Waals surface area contributed by atoms with Gasteiger partial charge in [-0.05, 0) is 34.9 Å². The maximum atomic E-state index is 13.5. The van der Waals surface area contributed by atoms with Crippen LogP contribution in [0.2, 0.25) is 5.02 Å². The minimum atomic E-state index is -0.915. The summed E-state index contributed by atoms with van der Waals surface area (Å²) in [5, 5.41) is 14.5. The molecule has 1 unspecified atom stereocenters. The molecule has 3 nitrogen and oxygen atoms in total. The summed E-state index contributed by atoms with van der Waals surface area (Å²) in [6.07, 6.45) is -0.915. The van der Waals surface area contributed by atoms with Gasteiger partial charge < -0.3 is 10.4 Å². The molecule has 4 aromatic rings. The van der Waals surface area contributed by atoms with Gasteiger partial charge >= 0.3 is 0 Å². The number of aliphatic hydroxyl groups is 1. The lowest BCUT2D eigenvalue weighted by Crippen LogP contribution is -2.23. The van der Waals surface area contributed by atoms with Gasteiger partial charge in [0.15, 0.2) is 0 Å². The van der Waals surface area contributed by atoms with Crippen LogP contribution in [0.1, 0.15) is 34.3 Å². The maximum absolute atomic E-state index is 13.5. The summed E-state index contributed by atoms with van der Waals surface area (Å²) in [6.45, 7) is 0. The molecule has 0 spiro atoms. The fourth-order valence-electron chi connectivity index (χ4n) is 3.68. The number of rotatable bonds is 6. The summed E-state index contributed by atoms with van der Waals surface area (Å²) in [7, 11) is 0. The van der Waals surface area contributed by atoms with E-state index in [0.29, 0.717) is 16.3 Å². The Bertz CT molecular complexity index is 1110. The van der Waals surface area contributed by atoms with Crippen molar-refractivity contribution in [2.24, 2.45) is 0 Å². The van der Waals surface area contributed by atoms with Crippen molar-refractivity contribution < 1.29 is 9.90 Å². The standard InChI is InChI=1S/C27H22ClNO2/c28-22-16-17-24(23(18-22)26(30)21-14-8-3-9-15-21)29-27(31)25(19-10-4-1-5-11-19)20-12-6-2-7-13-20/h1-18,25-26,30H,(H,29,31). The van der Waals surface area contributed by atoms with Gasteiger partial charge in [0.05, 0.1) is 5.92 Å². The van der Waals surface area contributed by atoms with Crippen LogP contribution in [-0.4, -0.2) is 11.0 Å². The molecule has 1 amide bonds. The highest BCUT2D eigenvalue weighted by molar-refractivity contribution is 6.30. The number of amides is 1. The van der Waals surface area contributed by atoms with Gasteiger partial charge in [-0.2, -0.15) is 0 Å². The van der Waals surface area contributed by atoms with Crippen LogP contribution in [0.25, 0.3) is 0 Å². The molecule has 0 aliphatic carbocycles. The second-order valence-corrected chi connectivity index (χ2v) is 7.72. The van der Waals surface area contributed by atoms with Crippen molar-refractivity contribution in [1.29, 1.82) is 0 Å². The first-order valence-electron chi connectivity index (χ1n) is 10.1. The molecule has 0 aliphatic rings. The first-order valence-corrected chi connectivity index (χ1v) is 10.4. The monoisotopic (exact) mass is 427 g/mol. The molecule has 2 N–H and O–H groups in total. The van der Waals surface area contributed by atoms with Gasteiger partial charge in [0.25, 0.3) is 0 Å². The first-order chi connectivity index (χ1) is 15.1. The number of carbonyl (C=O) groups excluding carboxylic acids is 1. The molecule has 0 heterocycles. The summed E-state index contributed by atoms with van der Waals surface area (Å²) in [6, 6.07) is 33.7. The minimum absolute atomic E-state index is 0.179. The third kappa shape index (κ3) is 4.85. The number of benzene rings is 4. The van der Waals surface area contributed by atoms with Crippen molar-refractivity contribution in [2.45, 2.75) is 12.0 Å². The topological polar surface area (TPSA) is 49.3 Å². The zero-order chi connectivity index (χ0) is 21.6. The number of aliphatic hydroxyl groups excluding tert-OH is 1. The highest BCUT2D eigenvalue weighted by Crippen LogP contribution is 2.33. The number of anilines is 1. The molecule has 0 radical (unpaired) electrons. The van der Waals surface area contributed by atoms with E-state index in [9.17, 15) is 9.90 Å². The molecular formula is C27H22ClNO2. The number of halogens is 1. The third-order valence-corrected chi connectivity index (χ3v) is 5.44. The van der Waals surface area contributed by atoms with E-state index in [-0.39, 0.29) is 5.91 Å². The van der Waals surface area contributed by atoms with E-state index in [0.717, 1.165) is 16.7 Å². The Kier molecular flexibility index (Phi) is 6.46. The lowest BCUT2D eigenvalue weighted by Gasteiger charge is -2.21. The highest BCUT2D eigenvalue weighted by Gasteiger charge is 2.24. The highest BCUT2D eigenvalue weighted by atomic mass is 35.5. The third-order valence-electron chi connectivity index (χ3n) is 5.21. The van der Waals surface area contributed by atoms with Crippen LogP contribution in [0.3, 0.4) is 0 Å². The van der Waals surface area contributed by atoms with Crippen LogP contribution in [-0.2, 0) is 4.79 Å². The Morgan fingerprint density at radius 1 is 0.710 bits per heavy atom. The summed E-state index contributed by atoms with van der Waals surface area (Å²) < 4.78 is 0. The van der Waals surface area contributed by atoms with Crippen LogP contribution in [0.4, 0.5) is 5.69 Å². The number of hydrogen-bond donors (Lipinski definition) is 2.